The monoisotopic (exact) mass is 312 g/mol. The number of halogens is 2. The molecule has 2 rings (SSSR count). The lowest BCUT2D eigenvalue weighted by atomic mass is 10.2. The molecule has 0 spiro atoms. The van der Waals surface area contributed by atoms with E-state index in [-0.39, 0.29) is 12.5 Å². The van der Waals surface area contributed by atoms with Gasteiger partial charge in [-0.15, -0.1) is 11.3 Å². The SMILES string of the molecule is CC(O)CN(C)C(=O)c1cnc(-c2ccc(F)c(F)c2)s1. The molecule has 7 heteroatoms. The van der Waals surface area contributed by atoms with Crippen LogP contribution in [0.3, 0.4) is 0 Å². The second-order valence-corrected chi connectivity index (χ2v) is 5.72. The lowest BCUT2D eigenvalue weighted by Crippen LogP contribution is -2.32. The number of carbonyl (C=O) groups excluding carboxylic acids is 1. The summed E-state index contributed by atoms with van der Waals surface area (Å²) in [6.45, 7) is 1.79. The van der Waals surface area contributed by atoms with E-state index in [2.05, 4.69) is 4.98 Å². The van der Waals surface area contributed by atoms with Crippen LogP contribution in [-0.4, -0.2) is 40.6 Å². The van der Waals surface area contributed by atoms with E-state index < -0.39 is 17.7 Å². The number of benzene rings is 1. The second kappa shape index (κ2) is 6.28. The Balaban J connectivity index is 2.21. The topological polar surface area (TPSA) is 53.4 Å². The summed E-state index contributed by atoms with van der Waals surface area (Å²) in [6.07, 6.45) is 0.764. The number of aliphatic hydroxyl groups excluding tert-OH is 1. The van der Waals surface area contributed by atoms with Crippen molar-refractivity contribution in [2.24, 2.45) is 0 Å². The Kier molecular flexibility index (Phi) is 4.64. The number of thiazole rings is 1. The first-order valence-corrected chi connectivity index (χ1v) is 7.05. The zero-order chi connectivity index (χ0) is 15.6. The number of likely N-dealkylation sites (N-methyl/N-ethyl adjacent to an activating group) is 1. The Labute approximate surface area is 124 Å². The minimum absolute atomic E-state index is 0.206. The Morgan fingerprint density at radius 3 is 2.76 bits per heavy atom. The zero-order valence-electron chi connectivity index (χ0n) is 11.5. The van der Waals surface area contributed by atoms with Gasteiger partial charge in [0.15, 0.2) is 11.6 Å². The van der Waals surface area contributed by atoms with Gasteiger partial charge in [-0.2, -0.15) is 0 Å². The van der Waals surface area contributed by atoms with Crippen LogP contribution >= 0.6 is 11.3 Å². The van der Waals surface area contributed by atoms with Gasteiger partial charge in [0.25, 0.3) is 5.91 Å². The van der Waals surface area contributed by atoms with E-state index in [0.29, 0.717) is 15.4 Å². The van der Waals surface area contributed by atoms with Gasteiger partial charge in [0.05, 0.1) is 12.3 Å². The fourth-order valence-electron chi connectivity index (χ4n) is 1.80. The zero-order valence-corrected chi connectivity index (χ0v) is 12.3. The number of aromatic nitrogens is 1. The molecule has 1 N–H and O–H groups in total. The van der Waals surface area contributed by atoms with Gasteiger partial charge in [-0.25, -0.2) is 13.8 Å². The van der Waals surface area contributed by atoms with Crippen LogP contribution in [0.25, 0.3) is 10.6 Å². The molecule has 1 atom stereocenters. The summed E-state index contributed by atoms with van der Waals surface area (Å²) in [5, 5.41) is 9.71. The van der Waals surface area contributed by atoms with Crippen LogP contribution in [-0.2, 0) is 0 Å². The number of amides is 1. The Morgan fingerprint density at radius 2 is 2.14 bits per heavy atom. The number of rotatable bonds is 4. The fraction of sp³-hybridized carbons (Fsp3) is 0.286. The van der Waals surface area contributed by atoms with Crippen molar-refractivity contribution in [3.05, 3.63) is 40.9 Å². The van der Waals surface area contributed by atoms with Crippen molar-refractivity contribution >= 4 is 17.2 Å². The molecule has 2 aromatic rings. The molecular formula is C14H14F2N2O2S. The van der Waals surface area contributed by atoms with E-state index in [9.17, 15) is 18.7 Å². The number of aliphatic hydroxyl groups is 1. The van der Waals surface area contributed by atoms with Crippen LogP contribution in [0, 0.1) is 11.6 Å². The Bertz CT molecular complexity index is 658. The summed E-state index contributed by atoms with van der Waals surface area (Å²) in [5.74, 6) is -2.16. The summed E-state index contributed by atoms with van der Waals surface area (Å²) in [5.41, 5.74) is 0.413. The fourth-order valence-corrected chi connectivity index (χ4v) is 2.71. The van der Waals surface area contributed by atoms with E-state index in [0.717, 1.165) is 23.5 Å². The van der Waals surface area contributed by atoms with Gasteiger partial charge in [0, 0.05) is 19.2 Å². The maximum atomic E-state index is 13.2. The summed E-state index contributed by atoms with van der Waals surface area (Å²) in [4.78, 5) is 17.9. The second-order valence-electron chi connectivity index (χ2n) is 4.69. The van der Waals surface area contributed by atoms with Gasteiger partial charge in [-0.05, 0) is 25.1 Å². The lowest BCUT2D eigenvalue weighted by molar-refractivity contribution is 0.0708. The first-order valence-electron chi connectivity index (χ1n) is 6.23. The summed E-state index contributed by atoms with van der Waals surface area (Å²) in [6, 6.07) is 3.47. The third-order valence-electron chi connectivity index (χ3n) is 2.77. The van der Waals surface area contributed by atoms with Gasteiger partial charge < -0.3 is 10.0 Å². The van der Waals surface area contributed by atoms with Crippen LogP contribution < -0.4 is 0 Å². The smallest absolute Gasteiger partial charge is 0.265 e. The van der Waals surface area contributed by atoms with E-state index in [1.807, 2.05) is 0 Å². The molecule has 112 valence electrons. The predicted molar refractivity (Wildman–Crippen MR) is 76.1 cm³/mol. The third-order valence-corrected chi connectivity index (χ3v) is 3.80. The number of nitrogens with zero attached hydrogens (tertiary/aromatic N) is 2. The van der Waals surface area contributed by atoms with E-state index in [1.54, 1.807) is 14.0 Å². The van der Waals surface area contributed by atoms with E-state index in [1.165, 1.54) is 17.2 Å². The molecule has 0 saturated carbocycles. The number of carbonyl (C=O) groups is 1. The molecule has 0 aliphatic rings. The maximum absolute atomic E-state index is 13.2. The molecule has 0 radical (unpaired) electrons. The number of hydrogen-bond acceptors (Lipinski definition) is 4. The van der Waals surface area contributed by atoms with Crippen LogP contribution in [0.15, 0.2) is 24.4 Å². The highest BCUT2D eigenvalue weighted by Gasteiger charge is 2.17. The normalized spacial score (nSPS) is 12.2. The molecule has 0 aliphatic heterocycles. The van der Waals surface area contributed by atoms with Gasteiger partial charge in [-0.3, -0.25) is 4.79 Å². The largest absolute Gasteiger partial charge is 0.392 e. The predicted octanol–water partition coefficient (Wildman–Crippen LogP) is 2.54. The first-order chi connectivity index (χ1) is 9.88. The molecule has 4 nitrogen and oxygen atoms in total. The van der Waals surface area contributed by atoms with Crippen LogP contribution in [0.1, 0.15) is 16.6 Å². The molecule has 21 heavy (non-hydrogen) atoms. The highest BCUT2D eigenvalue weighted by Crippen LogP contribution is 2.27. The summed E-state index contributed by atoms with van der Waals surface area (Å²) in [7, 11) is 1.58. The van der Waals surface area contributed by atoms with Crippen LogP contribution in [0.5, 0.6) is 0 Å². The molecule has 1 aromatic carbocycles. The van der Waals surface area contributed by atoms with Crippen molar-refractivity contribution < 1.29 is 18.7 Å². The molecule has 1 unspecified atom stereocenters. The highest BCUT2D eigenvalue weighted by atomic mass is 32.1. The summed E-state index contributed by atoms with van der Waals surface area (Å²) >= 11 is 1.09. The number of hydrogen-bond donors (Lipinski definition) is 1. The molecule has 0 fully saturated rings. The average Bonchev–Trinajstić information content (AvgIpc) is 2.89. The Morgan fingerprint density at radius 1 is 1.43 bits per heavy atom. The van der Waals surface area contributed by atoms with Gasteiger partial charge in [-0.1, -0.05) is 0 Å². The van der Waals surface area contributed by atoms with Crippen LogP contribution in [0.4, 0.5) is 8.78 Å². The molecule has 1 heterocycles. The molecule has 0 saturated heterocycles. The van der Waals surface area contributed by atoms with Crippen LogP contribution in [0.2, 0.25) is 0 Å². The van der Waals surface area contributed by atoms with Gasteiger partial charge in [0.1, 0.15) is 9.88 Å². The van der Waals surface area contributed by atoms with Crippen molar-refractivity contribution in [2.45, 2.75) is 13.0 Å². The molecule has 1 amide bonds. The lowest BCUT2D eigenvalue weighted by Gasteiger charge is -2.17. The molecule has 0 aliphatic carbocycles. The molecular weight excluding hydrogens is 298 g/mol. The Hall–Kier alpha value is -1.86. The van der Waals surface area contributed by atoms with Crippen molar-refractivity contribution in [3.8, 4) is 10.6 Å². The van der Waals surface area contributed by atoms with E-state index >= 15 is 0 Å². The van der Waals surface area contributed by atoms with Crippen molar-refractivity contribution in [3.63, 3.8) is 0 Å². The standard InChI is InChI=1S/C14H14F2N2O2S/c1-8(19)7-18(2)14(20)12-6-17-13(21-12)9-3-4-10(15)11(16)5-9/h3-6,8,19H,7H2,1-2H3. The highest BCUT2D eigenvalue weighted by molar-refractivity contribution is 7.16. The van der Waals surface area contributed by atoms with Gasteiger partial charge in [0.2, 0.25) is 0 Å². The minimum Gasteiger partial charge on any atom is -0.392 e. The van der Waals surface area contributed by atoms with Gasteiger partial charge >= 0.3 is 0 Å². The maximum Gasteiger partial charge on any atom is 0.265 e. The van der Waals surface area contributed by atoms with Crippen molar-refractivity contribution in [2.75, 3.05) is 13.6 Å². The van der Waals surface area contributed by atoms with Crippen molar-refractivity contribution in [1.29, 1.82) is 0 Å². The summed E-state index contributed by atoms with van der Waals surface area (Å²) < 4.78 is 26.1. The molecule has 0 bridgehead atoms. The molecule has 1 aromatic heterocycles. The first kappa shape index (κ1) is 15.5. The van der Waals surface area contributed by atoms with E-state index in [4.69, 9.17) is 0 Å². The average molecular weight is 312 g/mol. The third kappa shape index (κ3) is 3.62. The van der Waals surface area contributed by atoms with Crippen molar-refractivity contribution in [1.82, 2.24) is 9.88 Å². The minimum atomic E-state index is -0.957. The quantitative estimate of drug-likeness (QED) is 0.944.